The molecule has 20 heavy (non-hydrogen) atoms. The fraction of sp³-hybridized carbons (Fsp3) is 0.167. The summed E-state index contributed by atoms with van der Waals surface area (Å²) in [6.07, 6.45) is 1.18. The highest BCUT2D eigenvalue weighted by Gasteiger charge is 2.24. The van der Waals surface area contributed by atoms with Gasteiger partial charge in [0.15, 0.2) is 0 Å². The van der Waals surface area contributed by atoms with Crippen molar-refractivity contribution >= 4 is 17.3 Å². The number of carbonyl (C=O) groups is 1. The van der Waals surface area contributed by atoms with Crippen molar-refractivity contribution in [1.29, 1.82) is 0 Å². The summed E-state index contributed by atoms with van der Waals surface area (Å²) < 4.78 is 6.25. The second-order valence-electron chi connectivity index (χ2n) is 3.98. The Bertz CT molecular complexity index is 665. The van der Waals surface area contributed by atoms with Crippen LogP contribution < -0.4 is 10.1 Å². The van der Waals surface area contributed by atoms with Gasteiger partial charge in [0.25, 0.3) is 5.91 Å². The maximum atomic E-state index is 12.0. The minimum absolute atomic E-state index is 0.236. The first-order valence-electron chi connectivity index (χ1n) is 5.64. The van der Waals surface area contributed by atoms with Crippen LogP contribution in [-0.4, -0.2) is 27.7 Å². The zero-order chi connectivity index (χ0) is 14.7. The molecule has 1 aromatic heterocycles. The molecule has 1 aromatic carbocycles. The number of ether oxygens (including phenoxy) is 1. The van der Waals surface area contributed by atoms with Crippen molar-refractivity contribution in [2.75, 3.05) is 12.4 Å². The molecule has 8 nitrogen and oxygen atoms in total. The highest BCUT2D eigenvalue weighted by atomic mass is 16.6. The standard InChI is InChI=1S/C12H12N4O4/c1-15-7-10(16(18)19)11(14-15)12(17)13-8-4-3-5-9(6-8)20-2/h3-7H,1-2H3,(H,13,17). The molecule has 0 atom stereocenters. The van der Waals surface area contributed by atoms with E-state index in [-0.39, 0.29) is 11.4 Å². The predicted molar refractivity (Wildman–Crippen MR) is 70.8 cm³/mol. The third kappa shape index (κ3) is 2.74. The molecule has 2 aromatic rings. The molecule has 0 saturated heterocycles. The summed E-state index contributed by atoms with van der Waals surface area (Å²) in [7, 11) is 3.01. The Morgan fingerprint density at radius 1 is 1.50 bits per heavy atom. The van der Waals surface area contributed by atoms with Crippen molar-refractivity contribution in [3.63, 3.8) is 0 Å². The molecule has 104 valence electrons. The van der Waals surface area contributed by atoms with Gasteiger partial charge in [-0.15, -0.1) is 0 Å². The first-order chi connectivity index (χ1) is 9.51. The Morgan fingerprint density at radius 3 is 2.90 bits per heavy atom. The van der Waals surface area contributed by atoms with Crippen LogP contribution >= 0.6 is 0 Å². The van der Waals surface area contributed by atoms with Crippen molar-refractivity contribution < 1.29 is 14.5 Å². The average molecular weight is 276 g/mol. The molecule has 0 aliphatic heterocycles. The number of nitrogens with zero attached hydrogens (tertiary/aromatic N) is 3. The zero-order valence-electron chi connectivity index (χ0n) is 10.9. The monoisotopic (exact) mass is 276 g/mol. The number of anilines is 1. The third-order valence-electron chi connectivity index (χ3n) is 2.55. The molecule has 8 heteroatoms. The van der Waals surface area contributed by atoms with E-state index in [2.05, 4.69) is 10.4 Å². The first-order valence-corrected chi connectivity index (χ1v) is 5.64. The molecular formula is C12H12N4O4. The van der Waals surface area contributed by atoms with Gasteiger partial charge in [-0.1, -0.05) is 6.07 Å². The van der Waals surface area contributed by atoms with E-state index >= 15 is 0 Å². The van der Waals surface area contributed by atoms with Gasteiger partial charge in [0.05, 0.1) is 12.0 Å². The highest BCUT2D eigenvalue weighted by Crippen LogP contribution is 2.20. The molecule has 2 rings (SSSR count). The van der Waals surface area contributed by atoms with Crippen LogP contribution in [0, 0.1) is 10.1 Å². The molecule has 0 aliphatic rings. The van der Waals surface area contributed by atoms with Crippen LogP contribution in [0.4, 0.5) is 11.4 Å². The summed E-state index contributed by atoms with van der Waals surface area (Å²) in [5.41, 5.74) is -0.109. The first kappa shape index (κ1) is 13.5. The summed E-state index contributed by atoms with van der Waals surface area (Å²) in [6.45, 7) is 0. The third-order valence-corrected chi connectivity index (χ3v) is 2.55. The number of rotatable bonds is 4. The van der Waals surface area contributed by atoms with Gasteiger partial charge in [0, 0.05) is 18.8 Å². The van der Waals surface area contributed by atoms with Crippen LogP contribution in [0.5, 0.6) is 5.75 Å². The number of nitrogens with one attached hydrogen (secondary N) is 1. The molecule has 0 unspecified atom stereocenters. The summed E-state index contributed by atoms with van der Waals surface area (Å²) in [6, 6.07) is 6.67. The van der Waals surface area contributed by atoms with Crippen LogP contribution in [0.25, 0.3) is 0 Å². The van der Waals surface area contributed by atoms with Crippen molar-refractivity contribution in [2.24, 2.45) is 7.05 Å². The predicted octanol–water partition coefficient (Wildman–Crippen LogP) is 1.59. The summed E-state index contributed by atoms with van der Waals surface area (Å²) in [5, 5.41) is 17.2. The lowest BCUT2D eigenvalue weighted by Gasteiger charge is -2.05. The second-order valence-corrected chi connectivity index (χ2v) is 3.98. The molecule has 0 aliphatic carbocycles. The van der Waals surface area contributed by atoms with E-state index in [1.54, 1.807) is 24.3 Å². The quantitative estimate of drug-likeness (QED) is 0.675. The summed E-state index contributed by atoms with van der Waals surface area (Å²) in [5.74, 6) is -0.0797. The van der Waals surface area contributed by atoms with Gasteiger partial charge >= 0.3 is 5.69 Å². The zero-order valence-corrected chi connectivity index (χ0v) is 10.9. The van der Waals surface area contributed by atoms with Crippen LogP contribution in [0.2, 0.25) is 0 Å². The van der Waals surface area contributed by atoms with Crippen molar-refractivity contribution in [2.45, 2.75) is 0 Å². The molecular weight excluding hydrogens is 264 g/mol. The maximum Gasteiger partial charge on any atom is 0.320 e. The van der Waals surface area contributed by atoms with Crippen molar-refractivity contribution in [1.82, 2.24) is 9.78 Å². The van der Waals surface area contributed by atoms with Crippen LogP contribution in [-0.2, 0) is 7.05 Å². The Morgan fingerprint density at radius 2 is 2.25 bits per heavy atom. The van der Waals surface area contributed by atoms with Gasteiger partial charge in [-0.05, 0) is 12.1 Å². The largest absolute Gasteiger partial charge is 0.497 e. The van der Waals surface area contributed by atoms with Gasteiger partial charge in [-0.2, -0.15) is 5.10 Å². The van der Waals surface area contributed by atoms with E-state index in [1.807, 2.05) is 0 Å². The fourth-order valence-corrected chi connectivity index (χ4v) is 1.66. The van der Waals surface area contributed by atoms with E-state index in [1.165, 1.54) is 25.0 Å². The molecule has 1 heterocycles. The lowest BCUT2D eigenvalue weighted by atomic mass is 10.3. The van der Waals surface area contributed by atoms with E-state index in [4.69, 9.17) is 4.74 Å². The number of amides is 1. The topological polar surface area (TPSA) is 99.3 Å². The van der Waals surface area contributed by atoms with Crippen LogP contribution in [0.3, 0.4) is 0 Å². The molecule has 1 N–H and O–H groups in total. The number of aromatic nitrogens is 2. The van der Waals surface area contributed by atoms with E-state index < -0.39 is 10.8 Å². The number of carbonyl (C=O) groups excluding carboxylic acids is 1. The SMILES string of the molecule is COc1cccc(NC(=O)c2nn(C)cc2[N+](=O)[O-])c1. The van der Waals surface area contributed by atoms with Gasteiger partial charge in [0.2, 0.25) is 5.69 Å². The van der Waals surface area contributed by atoms with Gasteiger partial charge in [-0.25, -0.2) is 0 Å². The van der Waals surface area contributed by atoms with Crippen molar-refractivity contribution in [3.05, 3.63) is 46.3 Å². The number of methoxy groups -OCH3 is 1. The maximum absolute atomic E-state index is 12.0. The minimum Gasteiger partial charge on any atom is -0.497 e. The number of aryl methyl sites for hydroxylation is 1. The molecule has 0 bridgehead atoms. The van der Waals surface area contributed by atoms with Gasteiger partial charge < -0.3 is 10.1 Å². The van der Waals surface area contributed by atoms with Crippen LogP contribution in [0.1, 0.15) is 10.5 Å². The molecule has 0 spiro atoms. The van der Waals surface area contributed by atoms with Crippen LogP contribution in [0.15, 0.2) is 30.5 Å². The number of benzene rings is 1. The molecule has 0 fully saturated rings. The Labute approximate surface area is 114 Å². The summed E-state index contributed by atoms with van der Waals surface area (Å²) >= 11 is 0. The lowest BCUT2D eigenvalue weighted by molar-refractivity contribution is -0.385. The van der Waals surface area contributed by atoms with E-state index in [0.29, 0.717) is 11.4 Å². The highest BCUT2D eigenvalue weighted by molar-refractivity contribution is 6.05. The molecule has 0 radical (unpaired) electrons. The normalized spacial score (nSPS) is 10.1. The minimum atomic E-state index is -0.648. The fourth-order valence-electron chi connectivity index (χ4n) is 1.66. The second kappa shape index (κ2) is 5.39. The Kier molecular flexibility index (Phi) is 3.65. The number of hydrogen-bond acceptors (Lipinski definition) is 5. The summed E-state index contributed by atoms with van der Waals surface area (Å²) in [4.78, 5) is 22.2. The van der Waals surface area contributed by atoms with Crippen molar-refractivity contribution in [3.8, 4) is 5.75 Å². The number of hydrogen-bond donors (Lipinski definition) is 1. The van der Waals surface area contributed by atoms with E-state index in [0.717, 1.165) is 0 Å². The number of nitro groups is 1. The average Bonchev–Trinajstić information content (AvgIpc) is 2.81. The molecule has 0 saturated carbocycles. The van der Waals surface area contributed by atoms with Gasteiger partial charge in [-0.3, -0.25) is 19.6 Å². The lowest BCUT2D eigenvalue weighted by Crippen LogP contribution is -2.14. The smallest absolute Gasteiger partial charge is 0.320 e. The Hall–Kier alpha value is -2.90. The van der Waals surface area contributed by atoms with E-state index in [9.17, 15) is 14.9 Å². The molecule has 1 amide bonds. The Balaban J connectivity index is 2.26. The van der Waals surface area contributed by atoms with Gasteiger partial charge in [0.1, 0.15) is 11.9 Å².